The van der Waals surface area contributed by atoms with E-state index in [2.05, 4.69) is 41.9 Å². The number of amides is 1. The topological polar surface area (TPSA) is 162 Å². The van der Waals surface area contributed by atoms with Crippen LogP contribution in [0.2, 0.25) is 0 Å². The second-order valence-electron chi connectivity index (χ2n) is 11.9. The Morgan fingerprint density at radius 2 is 1.62 bits per heavy atom. The number of anilines is 2. The van der Waals surface area contributed by atoms with Crippen molar-refractivity contribution in [3.63, 3.8) is 0 Å². The minimum atomic E-state index is -0.518. The van der Waals surface area contributed by atoms with Crippen LogP contribution < -0.4 is 10.6 Å². The highest BCUT2D eigenvalue weighted by atomic mass is 16.6. The molecule has 1 unspecified atom stereocenters. The Hall–Kier alpha value is -4.68. The highest BCUT2D eigenvalue weighted by Gasteiger charge is 2.47. The van der Waals surface area contributed by atoms with Crippen molar-refractivity contribution < 1.29 is 14.1 Å². The van der Waals surface area contributed by atoms with Crippen LogP contribution in [0.15, 0.2) is 47.6 Å². The molecule has 42 heavy (non-hydrogen) atoms. The molecule has 1 aliphatic heterocycles. The molecule has 13 nitrogen and oxygen atoms in total. The highest BCUT2D eigenvalue weighted by Crippen LogP contribution is 2.50. The molecular weight excluding hydrogens is 536 g/mol. The van der Waals surface area contributed by atoms with Crippen molar-refractivity contribution in [1.29, 1.82) is 0 Å². The van der Waals surface area contributed by atoms with Gasteiger partial charge in [0.25, 0.3) is 5.89 Å². The lowest BCUT2D eigenvalue weighted by molar-refractivity contribution is 0.0240. The molecule has 0 radical (unpaired) electrons. The van der Waals surface area contributed by atoms with Gasteiger partial charge in [0.2, 0.25) is 5.95 Å². The van der Waals surface area contributed by atoms with Crippen LogP contribution in [-0.2, 0) is 10.2 Å². The van der Waals surface area contributed by atoms with Gasteiger partial charge in [0.15, 0.2) is 5.82 Å². The van der Waals surface area contributed by atoms with Gasteiger partial charge in [-0.2, -0.15) is 4.98 Å². The van der Waals surface area contributed by atoms with Crippen LogP contribution in [0.1, 0.15) is 51.9 Å². The summed E-state index contributed by atoms with van der Waals surface area (Å²) >= 11 is 0. The maximum Gasteiger partial charge on any atom is 0.410 e. The largest absolute Gasteiger partial charge is 0.444 e. The minimum Gasteiger partial charge on any atom is -0.444 e. The maximum atomic E-state index is 12.4. The minimum absolute atomic E-state index is 0.224. The zero-order valence-corrected chi connectivity index (χ0v) is 24.2. The van der Waals surface area contributed by atoms with E-state index in [1.807, 2.05) is 39.1 Å². The Balaban J connectivity index is 1.15. The molecule has 1 aliphatic carbocycles. The first-order valence-corrected chi connectivity index (χ1v) is 14.0. The highest BCUT2D eigenvalue weighted by molar-refractivity contribution is 5.68. The Kier molecular flexibility index (Phi) is 6.95. The summed E-state index contributed by atoms with van der Waals surface area (Å²) in [6, 6.07) is 3.99. The number of nitrogens with zero attached hydrogens (tertiary/aromatic N) is 9. The normalized spacial score (nSPS) is 17.1. The van der Waals surface area contributed by atoms with E-state index in [1.165, 1.54) is 0 Å². The number of ether oxygens (including phenoxy) is 1. The number of rotatable bonds is 6. The second kappa shape index (κ2) is 10.6. The van der Waals surface area contributed by atoms with Crippen LogP contribution in [0.5, 0.6) is 0 Å². The van der Waals surface area contributed by atoms with Gasteiger partial charge >= 0.3 is 6.09 Å². The third kappa shape index (κ3) is 5.58. The van der Waals surface area contributed by atoms with E-state index >= 15 is 0 Å². The summed E-state index contributed by atoms with van der Waals surface area (Å²) in [6.45, 7) is 10.1. The van der Waals surface area contributed by atoms with Crippen LogP contribution in [-0.4, -0.2) is 77.8 Å². The monoisotopic (exact) mass is 570 g/mol. The molecule has 6 rings (SSSR count). The number of carbonyl (C=O) groups is 1. The molecule has 1 amide bonds. The smallest absolute Gasteiger partial charge is 0.410 e. The number of nitrogen functional groups attached to an aromatic ring is 1. The van der Waals surface area contributed by atoms with Crippen LogP contribution in [0, 0.1) is 5.92 Å². The number of hydrogen-bond acceptors (Lipinski definition) is 12. The molecule has 0 bridgehead atoms. The van der Waals surface area contributed by atoms with Crippen molar-refractivity contribution in [2.45, 2.75) is 51.6 Å². The van der Waals surface area contributed by atoms with Gasteiger partial charge in [-0.15, -0.1) is 0 Å². The molecule has 5 heterocycles. The molecule has 1 saturated heterocycles. The lowest BCUT2D eigenvalue weighted by Crippen LogP contribution is -2.50. The molecule has 1 atom stereocenters. The predicted molar refractivity (Wildman–Crippen MR) is 154 cm³/mol. The van der Waals surface area contributed by atoms with E-state index in [0.717, 1.165) is 35.5 Å². The average molecular weight is 571 g/mol. The van der Waals surface area contributed by atoms with Crippen molar-refractivity contribution in [2.75, 3.05) is 36.8 Å². The number of hydrogen-bond donors (Lipinski definition) is 1. The zero-order chi connectivity index (χ0) is 29.5. The number of pyridine rings is 1. The van der Waals surface area contributed by atoms with E-state index < -0.39 is 11.0 Å². The van der Waals surface area contributed by atoms with Crippen LogP contribution in [0.25, 0.3) is 22.8 Å². The first kappa shape index (κ1) is 27.5. The van der Waals surface area contributed by atoms with Gasteiger partial charge in [-0.25, -0.2) is 24.7 Å². The Labute approximate surface area is 243 Å². The standard InChI is InChI=1S/C29H34N10O3/c1-28(2,3)41-27(40)39-11-9-38(10-12-39)23-17-32-22(16-33-23)24-36-25(37-42-24)29(4,19-5-6-19)20-7-8-21(31-15-20)18-13-34-26(30)35-14-18/h7-8,13-17,19H,5-6,9-12H2,1-4H3,(H2,30,34,35). The van der Waals surface area contributed by atoms with Gasteiger partial charge < -0.3 is 24.8 Å². The van der Waals surface area contributed by atoms with Crippen molar-refractivity contribution in [3.8, 4) is 22.8 Å². The second-order valence-corrected chi connectivity index (χ2v) is 11.9. The Morgan fingerprint density at radius 3 is 2.21 bits per heavy atom. The van der Waals surface area contributed by atoms with E-state index in [4.69, 9.17) is 20.0 Å². The van der Waals surface area contributed by atoms with Gasteiger partial charge in [0, 0.05) is 50.3 Å². The quantitative estimate of drug-likeness (QED) is 0.358. The fraction of sp³-hybridized carbons (Fsp3) is 0.448. The lowest BCUT2D eigenvalue weighted by atomic mass is 9.77. The SMILES string of the molecule is CC(C)(C)OC(=O)N1CCN(c2cnc(-c3nc(C(C)(c4ccc(-c5cnc(N)nc5)nc4)C4CC4)no3)cn2)CC1. The summed E-state index contributed by atoms with van der Waals surface area (Å²) in [4.78, 5) is 42.9. The summed E-state index contributed by atoms with van der Waals surface area (Å²) in [5, 5.41) is 4.38. The Morgan fingerprint density at radius 1 is 0.905 bits per heavy atom. The number of carbonyl (C=O) groups excluding carboxylic acids is 1. The van der Waals surface area contributed by atoms with Gasteiger partial charge in [-0.1, -0.05) is 11.2 Å². The summed E-state index contributed by atoms with van der Waals surface area (Å²) in [5.74, 6) is 2.23. The van der Waals surface area contributed by atoms with Crippen molar-refractivity contribution in [3.05, 3.63) is 54.5 Å². The predicted octanol–water partition coefficient (Wildman–Crippen LogP) is 3.73. The molecular formula is C29H34N10O3. The molecule has 2 aliphatic rings. The van der Waals surface area contributed by atoms with Gasteiger partial charge in [-0.3, -0.25) is 4.98 Å². The average Bonchev–Trinajstić information content (AvgIpc) is 3.73. The van der Waals surface area contributed by atoms with Crippen molar-refractivity contribution in [1.82, 2.24) is 40.0 Å². The molecule has 2 N–H and O–H groups in total. The molecule has 0 spiro atoms. The fourth-order valence-corrected chi connectivity index (χ4v) is 5.13. The molecule has 2 fully saturated rings. The van der Waals surface area contributed by atoms with Gasteiger partial charge in [0.05, 0.1) is 23.5 Å². The number of nitrogens with two attached hydrogens (primary N) is 1. The number of aromatic nitrogens is 7. The molecule has 4 aromatic rings. The molecule has 1 saturated carbocycles. The molecule has 13 heteroatoms. The van der Waals surface area contributed by atoms with Crippen molar-refractivity contribution in [2.24, 2.45) is 5.92 Å². The third-order valence-corrected chi connectivity index (χ3v) is 7.73. The van der Waals surface area contributed by atoms with Crippen LogP contribution in [0.3, 0.4) is 0 Å². The van der Waals surface area contributed by atoms with Gasteiger partial charge in [-0.05, 0) is 58.1 Å². The van der Waals surface area contributed by atoms with E-state index in [0.29, 0.717) is 49.5 Å². The summed E-state index contributed by atoms with van der Waals surface area (Å²) < 4.78 is 11.2. The zero-order valence-electron chi connectivity index (χ0n) is 24.2. The fourth-order valence-electron chi connectivity index (χ4n) is 5.13. The molecule has 0 aromatic carbocycles. The molecule has 4 aromatic heterocycles. The maximum absolute atomic E-state index is 12.4. The Bertz CT molecular complexity index is 1540. The molecule has 218 valence electrons. The first-order valence-electron chi connectivity index (χ1n) is 14.0. The summed E-state index contributed by atoms with van der Waals surface area (Å²) in [7, 11) is 0. The summed E-state index contributed by atoms with van der Waals surface area (Å²) in [5.41, 5.74) is 7.68. The summed E-state index contributed by atoms with van der Waals surface area (Å²) in [6.07, 6.45) is 10.4. The van der Waals surface area contributed by atoms with Crippen LogP contribution >= 0.6 is 0 Å². The van der Waals surface area contributed by atoms with Crippen LogP contribution in [0.4, 0.5) is 16.6 Å². The third-order valence-electron chi connectivity index (χ3n) is 7.73. The van der Waals surface area contributed by atoms with E-state index in [-0.39, 0.29) is 12.0 Å². The van der Waals surface area contributed by atoms with Crippen molar-refractivity contribution >= 4 is 17.9 Å². The van der Waals surface area contributed by atoms with E-state index in [1.54, 1.807) is 29.7 Å². The first-order chi connectivity index (χ1) is 20.1. The number of piperazine rings is 1. The van der Waals surface area contributed by atoms with Gasteiger partial charge in [0.1, 0.15) is 17.1 Å². The van der Waals surface area contributed by atoms with E-state index in [9.17, 15) is 4.79 Å². The lowest BCUT2D eigenvalue weighted by Gasteiger charge is -2.36.